The molecule has 0 bridgehead atoms. The zero-order valence-corrected chi connectivity index (χ0v) is 22.6. The van der Waals surface area contributed by atoms with E-state index in [1.54, 1.807) is 12.1 Å². The number of carbonyl (C=O) groups is 2. The highest BCUT2D eigenvalue weighted by Gasteiger charge is 2.44. The molecule has 4 unspecified atom stereocenters. The standard InChI is InChI=1S/C29H38ClN3O5/c1-19-7-2-3-11-25(19)38-26-23(9-4-10-24(26)30)29(37,14-6-15-32-28(35)36)21-8-5-16-33(18-21)27(34)20-12-13-22(31)17-20/h2-4,7,9-11,20-22,32,37H,5-6,8,12-18,31H2,1H3,(H,35,36). The molecule has 8 nitrogen and oxygen atoms in total. The highest BCUT2D eigenvalue weighted by atomic mass is 35.5. The monoisotopic (exact) mass is 543 g/mol. The number of nitrogens with one attached hydrogen (secondary N) is 1. The van der Waals surface area contributed by atoms with Gasteiger partial charge in [-0.15, -0.1) is 0 Å². The first-order valence-corrected chi connectivity index (χ1v) is 13.8. The van der Waals surface area contributed by atoms with E-state index < -0.39 is 11.7 Å². The van der Waals surface area contributed by atoms with Crippen LogP contribution in [-0.2, 0) is 10.4 Å². The number of aryl methyl sites for hydroxylation is 1. The minimum atomic E-state index is -1.39. The van der Waals surface area contributed by atoms with E-state index in [0.29, 0.717) is 54.4 Å². The smallest absolute Gasteiger partial charge is 0.404 e. The normalized spacial score (nSPS) is 23.1. The van der Waals surface area contributed by atoms with E-state index in [9.17, 15) is 14.7 Å². The highest BCUT2D eigenvalue weighted by Crippen LogP contribution is 2.47. The molecule has 1 saturated heterocycles. The van der Waals surface area contributed by atoms with Gasteiger partial charge in [0.05, 0.1) is 10.6 Å². The molecule has 2 aromatic carbocycles. The number of ether oxygens (including phenoxy) is 1. The Morgan fingerprint density at radius 3 is 2.68 bits per heavy atom. The van der Waals surface area contributed by atoms with Crippen LogP contribution >= 0.6 is 11.6 Å². The zero-order valence-electron chi connectivity index (χ0n) is 21.9. The second-order valence-corrected chi connectivity index (χ2v) is 11.0. The minimum absolute atomic E-state index is 0.0656. The van der Waals surface area contributed by atoms with Crippen LogP contribution in [0.3, 0.4) is 0 Å². The van der Waals surface area contributed by atoms with Gasteiger partial charge in [-0.1, -0.05) is 41.9 Å². The molecule has 0 aromatic heterocycles. The van der Waals surface area contributed by atoms with Gasteiger partial charge in [0, 0.05) is 43.1 Å². The molecule has 9 heteroatoms. The Hall–Kier alpha value is -2.81. The van der Waals surface area contributed by atoms with Crippen molar-refractivity contribution in [2.45, 2.75) is 63.5 Å². The van der Waals surface area contributed by atoms with Gasteiger partial charge in [0.25, 0.3) is 0 Å². The van der Waals surface area contributed by atoms with Gasteiger partial charge < -0.3 is 30.9 Å². The van der Waals surface area contributed by atoms with Crippen LogP contribution in [0.25, 0.3) is 0 Å². The SMILES string of the molecule is Cc1ccccc1Oc1c(Cl)cccc1C(O)(CCCNC(=O)O)C1CCCN(C(=O)C2CCC(N)C2)C1. The number of aliphatic hydroxyl groups is 1. The average Bonchev–Trinajstić information content (AvgIpc) is 3.34. The van der Waals surface area contributed by atoms with Gasteiger partial charge in [0.1, 0.15) is 5.75 Å². The number of hydrogen-bond donors (Lipinski definition) is 4. The third kappa shape index (κ3) is 6.42. The van der Waals surface area contributed by atoms with Crippen molar-refractivity contribution in [3.8, 4) is 11.5 Å². The molecule has 5 N–H and O–H groups in total. The first-order valence-electron chi connectivity index (χ1n) is 13.4. The minimum Gasteiger partial charge on any atom is -0.465 e. The molecule has 1 heterocycles. The molecule has 1 aliphatic carbocycles. The Morgan fingerprint density at radius 1 is 1.18 bits per heavy atom. The number of halogens is 1. The number of likely N-dealkylation sites (tertiary alicyclic amines) is 1. The second kappa shape index (κ2) is 12.4. The lowest BCUT2D eigenvalue weighted by molar-refractivity contribution is -0.141. The Balaban J connectivity index is 1.66. The maximum absolute atomic E-state index is 13.4. The van der Waals surface area contributed by atoms with Crippen LogP contribution in [0.1, 0.15) is 56.1 Å². The summed E-state index contributed by atoms with van der Waals surface area (Å²) in [6.45, 7) is 3.19. The van der Waals surface area contributed by atoms with E-state index in [-0.39, 0.29) is 36.8 Å². The number of piperidine rings is 1. The van der Waals surface area contributed by atoms with Crippen molar-refractivity contribution in [2.75, 3.05) is 19.6 Å². The van der Waals surface area contributed by atoms with Gasteiger partial charge >= 0.3 is 6.09 Å². The number of para-hydroxylation sites is 2. The molecule has 1 saturated carbocycles. The largest absolute Gasteiger partial charge is 0.465 e. The van der Waals surface area contributed by atoms with E-state index in [1.165, 1.54) is 0 Å². The van der Waals surface area contributed by atoms with Gasteiger partial charge in [-0.05, 0) is 69.6 Å². The summed E-state index contributed by atoms with van der Waals surface area (Å²) in [7, 11) is 0. The summed E-state index contributed by atoms with van der Waals surface area (Å²) in [6, 6.07) is 13.0. The fourth-order valence-corrected chi connectivity index (χ4v) is 6.13. The number of amides is 2. The van der Waals surface area contributed by atoms with Crippen LogP contribution in [-0.4, -0.2) is 52.8 Å². The highest BCUT2D eigenvalue weighted by molar-refractivity contribution is 6.32. The summed E-state index contributed by atoms with van der Waals surface area (Å²) in [5.74, 6) is 0.776. The van der Waals surface area contributed by atoms with Crippen LogP contribution in [0.15, 0.2) is 42.5 Å². The first kappa shape index (κ1) is 28.2. The lowest BCUT2D eigenvalue weighted by Crippen LogP contribution is -2.49. The molecule has 38 heavy (non-hydrogen) atoms. The van der Waals surface area contributed by atoms with E-state index >= 15 is 0 Å². The number of nitrogens with zero attached hydrogens (tertiary/aromatic N) is 1. The molecule has 4 atom stereocenters. The molecule has 2 amide bonds. The zero-order chi connectivity index (χ0) is 27.3. The number of hydrogen-bond acceptors (Lipinski definition) is 5. The number of carbonyl (C=O) groups excluding carboxylic acids is 1. The summed E-state index contributed by atoms with van der Waals surface area (Å²) in [5.41, 5.74) is 6.15. The fourth-order valence-electron chi connectivity index (χ4n) is 5.91. The summed E-state index contributed by atoms with van der Waals surface area (Å²) < 4.78 is 6.32. The summed E-state index contributed by atoms with van der Waals surface area (Å²) >= 11 is 6.66. The van der Waals surface area contributed by atoms with Gasteiger partial charge in [-0.25, -0.2) is 4.79 Å². The van der Waals surface area contributed by atoms with Gasteiger partial charge in [-0.2, -0.15) is 0 Å². The number of carboxylic acid groups (broad SMARTS) is 1. The van der Waals surface area contributed by atoms with Crippen molar-refractivity contribution >= 4 is 23.6 Å². The predicted octanol–water partition coefficient (Wildman–Crippen LogP) is 5.04. The van der Waals surface area contributed by atoms with E-state index in [0.717, 1.165) is 24.8 Å². The van der Waals surface area contributed by atoms with Gasteiger partial charge in [0.15, 0.2) is 5.75 Å². The lowest BCUT2D eigenvalue weighted by atomic mass is 9.73. The Labute approximate surface area is 229 Å². The Kier molecular flexibility index (Phi) is 9.18. The third-order valence-corrected chi connectivity index (χ3v) is 8.28. The molecular formula is C29H38ClN3O5. The van der Waals surface area contributed by atoms with Crippen molar-refractivity contribution in [3.05, 3.63) is 58.6 Å². The molecule has 2 aliphatic rings. The van der Waals surface area contributed by atoms with E-state index in [1.807, 2.05) is 42.2 Å². The van der Waals surface area contributed by atoms with Crippen molar-refractivity contribution in [3.63, 3.8) is 0 Å². The molecule has 206 valence electrons. The van der Waals surface area contributed by atoms with E-state index in [4.69, 9.17) is 27.2 Å². The fraction of sp³-hybridized carbons (Fsp3) is 0.517. The maximum atomic E-state index is 13.4. The van der Waals surface area contributed by atoms with Crippen molar-refractivity contribution in [2.24, 2.45) is 17.6 Å². The Bertz CT molecular complexity index is 1140. The quantitative estimate of drug-likeness (QED) is 0.328. The third-order valence-electron chi connectivity index (χ3n) is 7.98. The molecular weight excluding hydrogens is 506 g/mol. The molecule has 1 aliphatic heterocycles. The van der Waals surface area contributed by atoms with Crippen LogP contribution in [0.4, 0.5) is 4.79 Å². The molecule has 2 fully saturated rings. The van der Waals surface area contributed by atoms with Gasteiger partial charge in [-0.3, -0.25) is 4.79 Å². The van der Waals surface area contributed by atoms with Crippen molar-refractivity contribution in [1.82, 2.24) is 10.2 Å². The molecule has 4 rings (SSSR count). The number of nitrogens with two attached hydrogens (primary N) is 1. The molecule has 0 radical (unpaired) electrons. The number of rotatable bonds is 9. The van der Waals surface area contributed by atoms with Crippen molar-refractivity contribution in [1.29, 1.82) is 0 Å². The Morgan fingerprint density at radius 2 is 1.97 bits per heavy atom. The topological polar surface area (TPSA) is 125 Å². The van der Waals surface area contributed by atoms with E-state index in [2.05, 4.69) is 5.32 Å². The first-order chi connectivity index (χ1) is 18.2. The van der Waals surface area contributed by atoms with Crippen molar-refractivity contribution < 1.29 is 24.5 Å². The summed E-state index contributed by atoms with van der Waals surface area (Å²) in [6.07, 6.45) is 3.41. The maximum Gasteiger partial charge on any atom is 0.404 e. The van der Waals surface area contributed by atoms with Crippen LogP contribution in [0, 0.1) is 18.8 Å². The average molecular weight is 544 g/mol. The number of benzene rings is 2. The molecule has 0 spiro atoms. The van der Waals surface area contributed by atoms with Gasteiger partial charge in [0.2, 0.25) is 5.91 Å². The van der Waals surface area contributed by atoms with Crippen LogP contribution in [0.5, 0.6) is 11.5 Å². The van der Waals surface area contributed by atoms with Crippen LogP contribution < -0.4 is 15.8 Å². The second-order valence-electron chi connectivity index (χ2n) is 10.6. The van der Waals surface area contributed by atoms with Crippen LogP contribution in [0.2, 0.25) is 5.02 Å². The lowest BCUT2D eigenvalue weighted by Gasteiger charge is -2.44. The molecule has 2 aromatic rings. The summed E-state index contributed by atoms with van der Waals surface area (Å²) in [5, 5.41) is 24.3. The summed E-state index contributed by atoms with van der Waals surface area (Å²) in [4.78, 5) is 26.3. The predicted molar refractivity (Wildman–Crippen MR) is 146 cm³/mol.